The summed E-state index contributed by atoms with van der Waals surface area (Å²) in [5.74, 6) is 1.48. The van der Waals surface area contributed by atoms with Gasteiger partial charge < -0.3 is 24.3 Å². The minimum Gasteiger partial charge on any atom is -0.490 e. The first-order chi connectivity index (χ1) is 15.9. The third kappa shape index (κ3) is 5.30. The third-order valence-electron chi connectivity index (χ3n) is 5.99. The van der Waals surface area contributed by atoms with Gasteiger partial charge in [-0.3, -0.25) is 4.79 Å². The second-order valence-corrected chi connectivity index (χ2v) is 8.46. The summed E-state index contributed by atoms with van der Waals surface area (Å²) in [7, 11) is 0. The Bertz CT molecular complexity index is 1110. The van der Waals surface area contributed by atoms with E-state index in [4.69, 9.17) is 9.15 Å². The van der Waals surface area contributed by atoms with E-state index in [1.54, 1.807) is 4.90 Å². The third-order valence-corrected chi connectivity index (χ3v) is 5.99. The summed E-state index contributed by atoms with van der Waals surface area (Å²) in [6.45, 7) is 8.51. The van der Waals surface area contributed by atoms with Gasteiger partial charge in [-0.05, 0) is 38.5 Å². The van der Waals surface area contributed by atoms with E-state index in [-0.39, 0.29) is 18.0 Å². The maximum atomic E-state index is 12.8. The molecule has 0 radical (unpaired) electrons. The summed E-state index contributed by atoms with van der Waals surface area (Å²) in [6.07, 6.45) is 0.388. The van der Waals surface area contributed by atoms with Crippen molar-refractivity contribution in [3.05, 3.63) is 65.4 Å². The van der Waals surface area contributed by atoms with E-state index in [0.717, 1.165) is 10.9 Å². The second-order valence-electron chi connectivity index (χ2n) is 8.46. The van der Waals surface area contributed by atoms with E-state index in [1.807, 2.05) is 74.2 Å². The van der Waals surface area contributed by atoms with Crippen LogP contribution in [-0.4, -0.2) is 54.5 Å². The summed E-state index contributed by atoms with van der Waals surface area (Å²) < 4.78 is 11.6. The van der Waals surface area contributed by atoms with Crippen LogP contribution in [0.25, 0.3) is 11.0 Å². The Morgan fingerprint density at radius 1 is 1.06 bits per heavy atom. The largest absolute Gasteiger partial charge is 0.490 e. The molecule has 0 spiro atoms. The number of ether oxygens (including phenoxy) is 1. The molecule has 2 heterocycles. The Morgan fingerprint density at radius 3 is 2.45 bits per heavy atom. The minimum atomic E-state index is -0.291. The highest BCUT2D eigenvalue weighted by atomic mass is 16.5. The van der Waals surface area contributed by atoms with Crippen LogP contribution in [0.4, 0.5) is 4.79 Å². The van der Waals surface area contributed by atoms with E-state index in [2.05, 4.69) is 5.32 Å². The Balaban J connectivity index is 1.30. The number of hydrogen-bond donors (Lipinski definition) is 1. The van der Waals surface area contributed by atoms with Gasteiger partial charge in [0.25, 0.3) is 0 Å². The Labute approximate surface area is 194 Å². The Kier molecular flexibility index (Phi) is 6.87. The van der Waals surface area contributed by atoms with E-state index < -0.39 is 0 Å². The molecule has 3 aromatic rings. The molecule has 7 nitrogen and oxygen atoms in total. The number of aryl methyl sites for hydroxylation is 1. The molecule has 1 unspecified atom stereocenters. The van der Waals surface area contributed by atoms with Crippen LogP contribution in [0.15, 0.2) is 52.9 Å². The maximum absolute atomic E-state index is 12.8. The monoisotopic (exact) mass is 449 g/mol. The Morgan fingerprint density at radius 2 is 1.76 bits per heavy atom. The first-order valence-corrected chi connectivity index (χ1v) is 11.5. The van der Waals surface area contributed by atoms with Gasteiger partial charge in [-0.2, -0.15) is 0 Å². The predicted molar refractivity (Wildman–Crippen MR) is 127 cm³/mol. The first kappa shape index (κ1) is 22.7. The fraction of sp³-hybridized carbons (Fsp3) is 0.385. The number of furan rings is 1. The van der Waals surface area contributed by atoms with Gasteiger partial charge in [-0.1, -0.05) is 42.0 Å². The molecule has 33 heavy (non-hydrogen) atoms. The lowest BCUT2D eigenvalue weighted by atomic mass is 10.1. The minimum absolute atomic E-state index is 0.0969. The fourth-order valence-electron chi connectivity index (χ4n) is 4.04. The van der Waals surface area contributed by atoms with Crippen LogP contribution in [0.1, 0.15) is 36.8 Å². The number of urea groups is 1. The van der Waals surface area contributed by atoms with Gasteiger partial charge in [0.05, 0.1) is 19.1 Å². The number of nitrogens with zero attached hydrogens (tertiary/aromatic N) is 2. The molecule has 1 aromatic heterocycles. The molecule has 1 saturated heterocycles. The average molecular weight is 450 g/mol. The molecule has 1 fully saturated rings. The van der Waals surface area contributed by atoms with Gasteiger partial charge in [0, 0.05) is 31.6 Å². The van der Waals surface area contributed by atoms with Crippen molar-refractivity contribution < 1.29 is 18.7 Å². The lowest BCUT2D eigenvalue weighted by Crippen LogP contribution is -2.53. The van der Waals surface area contributed by atoms with E-state index >= 15 is 0 Å². The van der Waals surface area contributed by atoms with Crippen LogP contribution in [0.5, 0.6) is 5.75 Å². The molecule has 174 valence electrons. The topological polar surface area (TPSA) is 75.0 Å². The number of para-hydroxylation sites is 1. The van der Waals surface area contributed by atoms with Crippen LogP contribution in [0, 0.1) is 6.92 Å². The van der Waals surface area contributed by atoms with Gasteiger partial charge in [0.1, 0.15) is 5.76 Å². The molecule has 4 rings (SSSR count). The lowest BCUT2D eigenvalue weighted by molar-refractivity contribution is -0.131. The first-order valence-electron chi connectivity index (χ1n) is 11.5. The molecular weight excluding hydrogens is 418 g/mol. The Hall–Kier alpha value is -3.48. The SMILES string of the molecule is CCOc1cccc2cc(C(C)NC(=O)N3CCN(C(=O)Cc4ccc(C)cc4)CC3)oc12. The summed E-state index contributed by atoms with van der Waals surface area (Å²) in [4.78, 5) is 29.0. The van der Waals surface area contributed by atoms with Gasteiger partial charge in [0.15, 0.2) is 11.3 Å². The number of amides is 3. The smallest absolute Gasteiger partial charge is 0.318 e. The number of hydrogen-bond acceptors (Lipinski definition) is 4. The van der Waals surface area contributed by atoms with Crippen molar-refractivity contribution in [3.63, 3.8) is 0 Å². The fourth-order valence-corrected chi connectivity index (χ4v) is 4.04. The van der Waals surface area contributed by atoms with E-state index in [0.29, 0.717) is 56.3 Å². The molecule has 1 aliphatic rings. The molecule has 0 saturated carbocycles. The van der Waals surface area contributed by atoms with E-state index in [9.17, 15) is 9.59 Å². The van der Waals surface area contributed by atoms with Gasteiger partial charge in [-0.25, -0.2) is 4.79 Å². The summed E-state index contributed by atoms with van der Waals surface area (Å²) in [5, 5.41) is 3.96. The second kappa shape index (κ2) is 9.98. The molecule has 1 N–H and O–H groups in total. The molecule has 1 aliphatic heterocycles. The van der Waals surface area contributed by atoms with Crippen molar-refractivity contribution >= 4 is 22.9 Å². The number of fused-ring (bicyclic) bond motifs is 1. The molecule has 1 atom stereocenters. The summed E-state index contributed by atoms with van der Waals surface area (Å²) >= 11 is 0. The number of benzene rings is 2. The zero-order valence-electron chi connectivity index (χ0n) is 19.5. The van der Waals surface area contributed by atoms with Gasteiger partial charge in [-0.15, -0.1) is 0 Å². The lowest BCUT2D eigenvalue weighted by Gasteiger charge is -2.35. The summed E-state index contributed by atoms with van der Waals surface area (Å²) in [5.41, 5.74) is 2.88. The van der Waals surface area contributed by atoms with Crippen LogP contribution >= 0.6 is 0 Å². The van der Waals surface area contributed by atoms with Gasteiger partial charge >= 0.3 is 6.03 Å². The zero-order chi connectivity index (χ0) is 23.4. The summed E-state index contributed by atoms with van der Waals surface area (Å²) in [6, 6.07) is 15.3. The van der Waals surface area contributed by atoms with Crippen LogP contribution < -0.4 is 10.1 Å². The average Bonchev–Trinajstić information content (AvgIpc) is 3.26. The van der Waals surface area contributed by atoms with Crippen molar-refractivity contribution in [2.45, 2.75) is 33.2 Å². The normalized spacial score (nSPS) is 14.9. The van der Waals surface area contributed by atoms with Crippen molar-refractivity contribution in [1.29, 1.82) is 0 Å². The van der Waals surface area contributed by atoms with Crippen molar-refractivity contribution in [1.82, 2.24) is 15.1 Å². The predicted octanol–water partition coefficient (Wildman–Crippen LogP) is 4.30. The van der Waals surface area contributed by atoms with Crippen molar-refractivity contribution in [2.75, 3.05) is 32.8 Å². The molecular formula is C26H31N3O4. The number of carbonyl (C=O) groups is 2. The molecule has 2 aromatic carbocycles. The quantitative estimate of drug-likeness (QED) is 0.609. The maximum Gasteiger partial charge on any atom is 0.318 e. The number of rotatable bonds is 6. The number of piperazine rings is 1. The molecule has 0 bridgehead atoms. The van der Waals surface area contributed by atoms with Gasteiger partial charge in [0.2, 0.25) is 5.91 Å². The van der Waals surface area contributed by atoms with Crippen LogP contribution in [-0.2, 0) is 11.2 Å². The van der Waals surface area contributed by atoms with Crippen molar-refractivity contribution in [3.8, 4) is 5.75 Å². The van der Waals surface area contributed by atoms with Crippen molar-refractivity contribution in [2.24, 2.45) is 0 Å². The highest BCUT2D eigenvalue weighted by Crippen LogP contribution is 2.31. The van der Waals surface area contributed by atoms with Crippen LogP contribution in [0.2, 0.25) is 0 Å². The molecule has 0 aliphatic carbocycles. The standard InChI is InChI=1S/C26H31N3O4/c1-4-32-22-7-5-6-21-17-23(33-25(21)22)19(3)27-26(31)29-14-12-28(13-15-29)24(30)16-20-10-8-18(2)9-11-20/h5-11,17,19H,4,12-16H2,1-3H3,(H,27,31). The van der Waals surface area contributed by atoms with E-state index in [1.165, 1.54) is 5.56 Å². The highest BCUT2D eigenvalue weighted by molar-refractivity contribution is 5.84. The molecule has 3 amide bonds. The zero-order valence-corrected chi connectivity index (χ0v) is 19.5. The van der Waals surface area contributed by atoms with Crippen LogP contribution in [0.3, 0.4) is 0 Å². The number of carbonyl (C=O) groups excluding carboxylic acids is 2. The molecule has 7 heteroatoms. The number of nitrogens with one attached hydrogen (secondary N) is 1. The highest BCUT2D eigenvalue weighted by Gasteiger charge is 2.26.